The molecule has 0 saturated heterocycles. The summed E-state index contributed by atoms with van der Waals surface area (Å²) >= 11 is 0. The van der Waals surface area contributed by atoms with E-state index in [4.69, 9.17) is 0 Å². The number of hydrogen-bond donors (Lipinski definition) is 0. The van der Waals surface area contributed by atoms with Gasteiger partial charge in [0, 0.05) is 16.8 Å². The number of rotatable bonds is 9. The molecule has 0 unspecified atom stereocenters. The zero-order valence-corrected chi connectivity index (χ0v) is 38.1. The van der Waals surface area contributed by atoms with E-state index in [0.29, 0.717) is 0 Å². The van der Waals surface area contributed by atoms with Crippen molar-refractivity contribution in [1.82, 2.24) is 0 Å². The second-order valence-corrected chi connectivity index (χ2v) is 18.3. The largest absolute Gasteiger partial charge is 0.310 e. The molecule has 0 atom stereocenters. The van der Waals surface area contributed by atoms with E-state index in [9.17, 15) is 0 Å². The molecule has 0 aliphatic heterocycles. The van der Waals surface area contributed by atoms with Crippen LogP contribution in [0.1, 0.15) is 44.5 Å². The number of benzene rings is 11. The smallest absolute Gasteiger partial charge is 0.0734 e. The number of hydrogen-bond acceptors (Lipinski definition) is 1. The second-order valence-electron chi connectivity index (χ2n) is 18.3. The molecule has 2 aliphatic rings. The van der Waals surface area contributed by atoms with Crippen LogP contribution in [-0.4, -0.2) is 0 Å². The van der Waals surface area contributed by atoms with Crippen molar-refractivity contribution in [1.29, 1.82) is 0 Å². The summed E-state index contributed by atoms with van der Waals surface area (Å²) in [6.07, 6.45) is 0. The zero-order valence-electron chi connectivity index (χ0n) is 38.1. The minimum atomic E-state index is -0.628. The molecule has 13 rings (SSSR count). The molecule has 1 heteroatoms. The summed E-state index contributed by atoms with van der Waals surface area (Å²) in [4.78, 5) is 2.58. The van der Waals surface area contributed by atoms with Crippen LogP contribution in [0.25, 0.3) is 44.5 Å². The van der Waals surface area contributed by atoms with Crippen molar-refractivity contribution in [2.75, 3.05) is 4.90 Å². The molecule has 0 spiro atoms. The maximum atomic E-state index is 2.58. The van der Waals surface area contributed by atoms with Gasteiger partial charge in [0.2, 0.25) is 0 Å². The summed E-state index contributed by atoms with van der Waals surface area (Å²) < 4.78 is 0. The van der Waals surface area contributed by atoms with E-state index in [0.717, 1.165) is 17.1 Å². The van der Waals surface area contributed by atoms with Gasteiger partial charge in [-0.2, -0.15) is 0 Å². The predicted molar refractivity (Wildman–Crippen MR) is 287 cm³/mol. The molecule has 2 aliphatic carbocycles. The third kappa shape index (κ3) is 6.17. The molecule has 0 heterocycles. The Hall–Kier alpha value is -8.78. The van der Waals surface area contributed by atoms with Crippen LogP contribution >= 0.6 is 0 Å². The molecule has 0 aromatic heterocycles. The van der Waals surface area contributed by atoms with Crippen molar-refractivity contribution >= 4 is 17.1 Å². The first kappa shape index (κ1) is 40.5. The standard InChI is InChI=1S/C68H47N/c1-6-22-48(23-7-1)49-40-42-50(43-41-49)51-44-46-56(47-45-51)69(63-38-21-37-62-65(63)59-33-17-19-36-61(59)67(62,52-24-8-2-9-25-52)53-26-10-3-11-27-53)64-39-20-34-58-57-32-16-18-35-60(57)68(66(58)64,54-28-12-4-13-29-54)55-30-14-5-15-31-55/h1-47H. The van der Waals surface area contributed by atoms with Crippen LogP contribution in [0.4, 0.5) is 17.1 Å². The lowest BCUT2D eigenvalue weighted by molar-refractivity contribution is 0.766. The highest BCUT2D eigenvalue weighted by Crippen LogP contribution is 2.63. The third-order valence-corrected chi connectivity index (χ3v) is 14.8. The first-order valence-electron chi connectivity index (χ1n) is 24.0. The topological polar surface area (TPSA) is 3.24 Å². The molecule has 0 amide bonds. The van der Waals surface area contributed by atoms with Crippen LogP contribution < -0.4 is 4.90 Å². The molecule has 0 bridgehead atoms. The number of anilines is 3. The predicted octanol–water partition coefficient (Wildman–Crippen LogP) is 17.2. The van der Waals surface area contributed by atoms with Gasteiger partial charge in [-0.05, 0) is 102 Å². The Labute approximate surface area is 404 Å². The van der Waals surface area contributed by atoms with Gasteiger partial charge >= 0.3 is 0 Å². The number of nitrogens with zero attached hydrogens (tertiary/aromatic N) is 1. The summed E-state index contributed by atoms with van der Waals surface area (Å²) in [5, 5.41) is 0. The fourth-order valence-electron chi connectivity index (χ4n) is 12.0. The van der Waals surface area contributed by atoms with Gasteiger partial charge in [-0.1, -0.05) is 261 Å². The lowest BCUT2D eigenvalue weighted by Gasteiger charge is -2.38. The Bertz CT molecular complexity index is 3540. The molecule has 0 fully saturated rings. The van der Waals surface area contributed by atoms with Crippen molar-refractivity contribution in [3.63, 3.8) is 0 Å². The lowest BCUT2D eigenvalue weighted by atomic mass is 9.67. The quantitative estimate of drug-likeness (QED) is 0.140. The summed E-state index contributed by atoms with van der Waals surface area (Å²) in [5.74, 6) is 0. The summed E-state index contributed by atoms with van der Waals surface area (Å²) in [5.41, 5.74) is 22.0. The average molecular weight is 878 g/mol. The van der Waals surface area contributed by atoms with E-state index in [-0.39, 0.29) is 0 Å². The van der Waals surface area contributed by atoms with Crippen molar-refractivity contribution in [3.8, 4) is 44.5 Å². The van der Waals surface area contributed by atoms with Crippen LogP contribution in [0.2, 0.25) is 0 Å². The fraction of sp³-hybridized carbons (Fsp3) is 0.0294. The molecule has 11 aromatic rings. The van der Waals surface area contributed by atoms with E-state index in [2.05, 4.69) is 290 Å². The molecule has 11 aromatic carbocycles. The normalized spacial score (nSPS) is 13.4. The van der Waals surface area contributed by atoms with Crippen molar-refractivity contribution in [2.45, 2.75) is 10.8 Å². The fourth-order valence-corrected chi connectivity index (χ4v) is 12.0. The van der Waals surface area contributed by atoms with Gasteiger partial charge in [0.05, 0.1) is 22.2 Å². The van der Waals surface area contributed by atoms with Crippen molar-refractivity contribution < 1.29 is 0 Å². The molecular weight excluding hydrogens is 831 g/mol. The number of fused-ring (bicyclic) bond motifs is 6. The van der Waals surface area contributed by atoms with Gasteiger partial charge in [-0.3, -0.25) is 0 Å². The van der Waals surface area contributed by atoms with E-state index >= 15 is 0 Å². The van der Waals surface area contributed by atoms with Gasteiger partial charge in [0.15, 0.2) is 0 Å². The van der Waals surface area contributed by atoms with Gasteiger partial charge in [-0.15, -0.1) is 0 Å². The summed E-state index contributed by atoms with van der Waals surface area (Å²) in [6.45, 7) is 0. The van der Waals surface area contributed by atoms with E-state index in [1.54, 1.807) is 0 Å². The first-order valence-corrected chi connectivity index (χ1v) is 24.0. The van der Waals surface area contributed by atoms with Crippen LogP contribution in [0, 0.1) is 0 Å². The monoisotopic (exact) mass is 877 g/mol. The maximum absolute atomic E-state index is 2.58. The van der Waals surface area contributed by atoms with Crippen LogP contribution in [-0.2, 0) is 10.8 Å². The van der Waals surface area contributed by atoms with E-state index in [1.165, 1.54) is 89.0 Å². The molecule has 0 saturated carbocycles. The SMILES string of the molecule is c1ccc(-c2ccc(-c3ccc(N(c4cccc5c4-c4ccccc4C5(c4ccccc4)c4ccccc4)c4cccc5c4C(c4ccccc4)(c4ccccc4)c4ccccc4-5)cc3)cc2)cc1. The molecule has 69 heavy (non-hydrogen) atoms. The Balaban J connectivity index is 1.10. The van der Waals surface area contributed by atoms with Gasteiger partial charge in [-0.25, -0.2) is 0 Å². The van der Waals surface area contributed by atoms with Crippen molar-refractivity contribution in [3.05, 3.63) is 330 Å². The first-order chi connectivity index (χ1) is 34.3. The van der Waals surface area contributed by atoms with Crippen LogP contribution in [0.5, 0.6) is 0 Å². The molecular formula is C68H47N. The van der Waals surface area contributed by atoms with Crippen molar-refractivity contribution in [2.24, 2.45) is 0 Å². The highest BCUT2D eigenvalue weighted by Gasteiger charge is 2.50. The molecule has 0 radical (unpaired) electrons. The highest BCUT2D eigenvalue weighted by atomic mass is 15.2. The van der Waals surface area contributed by atoms with Crippen LogP contribution in [0.3, 0.4) is 0 Å². The Morgan fingerprint density at radius 3 is 1.13 bits per heavy atom. The minimum absolute atomic E-state index is 0.557. The molecule has 0 N–H and O–H groups in total. The van der Waals surface area contributed by atoms with Gasteiger partial charge in [0.1, 0.15) is 0 Å². The Kier molecular flexibility index (Phi) is 9.70. The maximum Gasteiger partial charge on any atom is 0.0734 e. The zero-order chi connectivity index (χ0) is 45.8. The summed E-state index contributed by atoms with van der Waals surface area (Å²) in [7, 11) is 0. The minimum Gasteiger partial charge on any atom is -0.310 e. The van der Waals surface area contributed by atoms with Gasteiger partial charge < -0.3 is 4.90 Å². The Morgan fingerprint density at radius 2 is 0.594 bits per heavy atom. The summed E-state index contributed by atoms with van der Waals surface area (Å²) in [6, 6.07) is 106. The van der Waals surface area contributed by atoms with Gasteiger partial charge in [0.25, 0.3) is 0 Å². The van der Waals surface area contributed by atoms with E-state index in [1.807, 2.05) is 0 Å². The van der Waals surface area contributed by atoms with E-state index < -0.39 is 10.8 Å². The highest BCUT2D eigenvalue weighted by molar-refractivity contribution is 6.00. The second kappa shape index (κ2) is 16.5. The Morgan fingerprint density at radius 1 is 0.232 bits per heavy atom. The lowest BCUT2D eigenvalue weighted by Crippen LogP contribution is -2.30. The van der Waals surface area contributed by atoms with Crippen LogP contribution in [0.15, 0.2) is 285 Å². The average Bonchev–Trinajstić information content (AvgIpc) is 3.92. The molecule has 324 valence electrons. The molecule has 1 nitrogen and oxygen atoms in total. The third-order valence-electron chi connectivity index (χ3n) is 14.8.